The van der Waals surface area contributed by atoms with Crippen LogP contribution in [0, 0.1) is 0 Å². The smallest absolute Gasteiger partial charge is 0.124 e. The van der Waals surface area contributed by atoms with Crippen LogP contribution in [0.25, 0.3) is 6.08 Å². The van der Waals surface area contributed by atoms with Crippen LogP contribution in [0.3, 0.4) is 0 Å². The third-order valence-electron chi connectivity index (χ3n) is 7.92. The van der Waals surface area contributed by atoms with E-state index in [0.717, 1.165) is 68.3 Å². The average Bonchev–Trinajstić information content (AvgIpc) is 3.75. The molecule has 4 rings (SSSR count). The number of nitrogens with zero attached hydrogens (tertiary/aromatic N) is 2. The van der Waals surface area contributed by atoms with E-state index in [-0.39, 0.29) is 11.6 Å². The number of ether oxygens (including phenoxy) is 2. The van der Waals surface area contributed by atoms with E-state index in [4.69, 9.17) is 9.47 Å². The van der Waals surface area contributed by atoms with Crippen molar-refractivity contribution in [1.82, 2.24) is 15.1 Å². The molecule has 0 aromatic heterocycles. The van der Waals surface area contributed by atoms with Gasteiger partial charge in [-0.25, -0.2) is 0 Å². The van der Waals surface area contributed by atoms with Crippen LogP contribution in [0.5, 0.6) is 5.75 Å². The summed E-state index contributed by atoms with van der Waals surface area (Å²) in [5, 5.41) is 3.24. The number of likely N-dealkylation sites (N-methyl/N-ethyl adjacent to an activating group) is 2. The Hall–Kier alpha value is -2.86. The van der Waals surface area contributed by atoms with E-state index in [0.29, 0.717) is 6.61 Å². The number of benzene rings is 2. The first-order valence-corrected chi connectivity index (χ1v) is 13.5. The van der Waals surface area contributed by atoms with Crippen LogP contribution in [0.2, 0.25) is 0 Å². The van der Waals surface area contributed by atoms with E-state index < -0.39 is 0 Å². The van der Waals surface area contributed by atoms with Gasteiger partial charge in [0.1, 0.15) is 12.4 Å². The van der Waals surface area contributed by atoms with Gasteiger partial charge in [-0.15, -0.1) is 6.58 Å². The fraction of sp³-hybridized carbons (Fsp3) is 0.438. The van der Waals surface area contributed by atoms with Gasteiger partial charge in [0.05, 0.1) is 13.2 Å². The quantitative estimate of drug-likeness (QED) is 0.335. The lowest BCUT2D eigenvalue weighted by atomic mass is 10.0. The highest BCUT2D eigenvalue weighted by molar-refractivity contribution is 5.56. The van der Waals surface area contributed by atoms with Crippen LogP contribution in [0.15, 0.2) is 74.0 Å². The van der Waals surface area contributed by atoms with Crippen LogP contribution >= 0.6 is 0 Å². The van der Waals surface area contributed by atoms with Crippen molar-refractivity contribution >= 4 is 6.08 Å². The molecule has 0 radical (unpaired) electrons. The molecule has 2 aromatic rings. The van der Waals surface area contributed by atoms with Crippen LogP contribution in [-0.4, -0.2) is 56.2 Å². The van der Waals surface area contributed by atoms with Crippen molar-refractivity contribution in [2.45, 2.75) is 50.4 Å². The van der Waals surface area contributed by atoms with Crippen molar-refractivity contribution in [1.29, 1.82) is 0 Å². The Morgan fingerprint density at radius 3 is 2.51 bits per heavy atom. The molecule has 1 N–H and O–H groups in total. The van der Waals surface area contributed by atoms with Gasteiger partial charge in [0.2, 0.25) is 0 Å². The third-order valence-corrected chi connectivity index (χ3v) is 7.92. The highest BCUT2D eigenvalue weighted by atomic mass is 16.5. The standard InChI is InChI=1S/C32H43N3O2/c1-6-8-11-30(25(3)33-4)34(5)23-29-27(7-2)10-9-12-31(29)37-24-26-13-15-28(16-14-26)32(17-18-32)35-19-21-36-22-20-35/h6-7,9-10,12-16,30,33H,1-3,8,11,17-24H2,4-5H3. The minimum absolute atomic E-state index is 0.197. The lowest BCUT2D eigenvalue weighted by Gasteiger charge is -2.35. The summed E-state index contributed by atoms with van der Waals surface area (Å²) in [6.45, 7) is 17.2. The topological polar surface area (TPSA) is 37.0 Å². The van der Waals surface area contributed by atoms with Gasteiger partial charge in [-0.1, -0.05) is 61.7 Å². The lowest BCUT2D eigenvalue weighted by molar-refractivity contribution is 0.00834. The van der Waals surface area contributed by atoms with E-state index in [1.807, 2.05) is 25.3 Å². The zero-order valence-corrected chi connectivity index (χ0v) is 22.7. The van der Waals surface area contributed by atoms with Crippen LogP contribution in [-0.2, 0) is 23.4 Å². The third kappa shape index (κ3) is 6.35. The molecule has 1 atom stereocenters. The fourth-order valence-corrected chi connectivity index (χ4v) is 5.51. The summed E-state index contributed by atoms with van der Waals surface area (Å²) in [5.74, 6) is 0.901. The predicted molar refractivity (Wildman–Crippen MR) is 153 cm³/mol. The molecule has 1 saturated heterocycles. The number of rotatable bonds is 14. The summed E-state index contributed by atoms with van der Waals surface area (Å²) in [6, 6.07) is 15.4. The number of allylic oxidation sites excluding steroid dienone is 1. The van der Waals surface area contributed by atoms with Gasteiger partial charge in [0, 0.05) is 49.5 Å². The number of hydrogen-bond acceptors (Lipinski definition) is 5. The second-order valence-electron chi connectivity index (χ2n) is 10.2. The van der Waals surface area contributed by atoms with Crippen molar-refractivity contribution in [3.8, 4) is 5.75 Å². The van der Waals surface area contributed by atoms with E-state index in [1.54, 1.807) is 0 Å². The maximum Gasteiger partial charge on any atom is 0.124 e. The Bertz CT molecular complexity index is 1070. The minimum atomic E-state index is 0.197. The molecule has 2 aliphatic rings. The maximum absolute atomic E-state index is 6.42. The number of morpholine rings is 1. The molecule has 1 heterocycles. The Balaban J connectivity index is 1.45. The molecule has 1 aliphatic heterocycles. The first kappa shape index (κ1) is 27.2. The number of hydrogen-bond donors (Lipinski definition) is 1. The molecule has 1 aliphatic carbocycles. The summed E-state index contributed by atoms with van der Waals surface area (Å²) in [6.07, 6.45) is 8.25. The minimum Gasteiger partial charge on any atom is -0.489 e. The van der Waals surface area contributed by atoms with Crippen molar-refractivity contribution in [2.24, 2.45) is 0 Å². The highest BCUT2D eigenvalue weighted by Crippen LogP contribution is 2.51. The Labute approximate surface area is 223 Å². The van der Waals surface area contributed by atoms with E-state index in [2.05, 4.69) is 78.3 Å². The largest absolute Gasteiger partial charge is 0.489 e. The van der Waals surface area contributed by atoms with Crippen molar-refractivity contribution < 1.29 is 9.47 Å². The molecule has 5 heteroatoms. The van der Waals surface area contributed by atoms with Gasteiger partial charge in [0.15, 0.2) is 0 Å². The SMILES string of the molecule is C=CCCC(C(=C)NC)N(C)Cc1c(C=C)cccc1OCc1ccc(C2(N3CCOCC3)CC2)cc1. The zero-order chi connectivity index (χ0) is 26.3. The summed E-state index contributed by atoms with van der Waals surface area (Å²) >= 11 is 0. The van der Waals surface area contributed by atoms with Crippen LogP contribution in [0.4, 0.5) is 0 Å². The van der Waals surface area contributed by atoms with Crippen LogP contribution < -0.4 is 10.1 Å². The Kier molecular flexibility index (Phi) is 9.25. The van der Waals surface area contributed by atoms with E-state index in [1.165, 1.54) is 24.0 Å². The van der Waals surface area contributed by atoms with Crippen LogP contribution in [0.1, 0.15) is 47.9 Å². The highest BCUT2D eigenvalue weighted by Gasteiger charge is 2.49. The molecule has 0 bridgehead atoms. The molecule has 5 nitrogen and oxygen atoms in total. The fourth-order valence-electron chi connectivity index (χ4n) is 5.51. The molecule has 37 heavy (non-hydrogen) atoms. The van der Waals surface area contributed by atoms with Crippen molar-refractivity contribution in [3.63, 3.8) is 0 Å². The van der Waals surface area contributed by atoms with E-state index in [9.17, 15) is 0 Å². The Morgan fingerprint density at radius 1 is 1.16 bits per heavy atom. The average molecular weight is 502 g/mol. The molecule has 2 fully saturated rings. The summed E-state index contributed by atoms with van der Waals surface area (Å²) in [7, 11) is 4.07. The van der Waals surface area contributed by atoms with Gasteiger partial charge in [-0.3, -0.25) is 9.80 Å². The second-order valence-corrected chi connectivity index (χ2v) is 10.2. The molecule has 198 valence electrons. The van der Waals surface area contributed by atoms with Gasteiger partial charge in [0.25, 0.3) is 0 Å². The first-order valence-electron chi connectivity index (χ1n) is 13.5. The summed E-state index contributed by atoms with van der Waals surface area (Å²) in [4.78, 5) is 4.93. The Morgan fingerprint density at radius 2 is 1.89 bits per heavy atom. The van der Waals surface area contributed by atoms with Gasteiger partial charge < -0.3 is 14.8 Å². The predicted octanol–water partition coefficient (Wildman–Crippen LogP) is 5.73. The summed E-state index contributed by atoms with van der Waals surface area (Å²) in [5.41, 5.74) is 6.07. The van der Waals surface area contributed by atoms with E-state index >= 15 is 0 Å². The van der Waals surface area contributed by atoms with Gasteiger partial charge >= 0.3 is 0 Å². The number of nitrogens with one attached hydrogen (secondary N) is 1. The molecule has 1 saturated carbocycles. The first-order chi connectivity index (χ1) is 18.0. The molecule has 1 unspecified atom stereocenters. The molecule has 0 amide bonds. The normalized spacial score (nSPS) is 17.7. The molecule has 0 spiro atoms. The maximum atomic E-state index is 6.42. The van der Waals surface area contributed by atoms with Crippen molar-refractivity contribution in [2.75, 3.05) is 40.4 Å². The summed E-state index contributed by atoms with van der Waals surface area (Å²) < 4.78 is 12.0. The van der Waals surface area contributed by atoms with Crippen molar-refractivity contribution in [3.05, 3.63) is 96.2 Å². The monoisotopic (exact) mass is 501 g/mol. The molecule has 2 aromatic carbocycles. The zero-order valence-electron chi connectivity index (χ0n) is 22.7. The second kappa shape index (κ2) is 12.6. The lowest BCUT2D eigenvalue weighted by Crippen LogP contribution is -2.43. The molecular formula is C32H43N3O2. The van der Waals surface area contributed by atoms with Gasteiger partial charge in [-0.2, -0.15) is 0 Å². The van der Waals surface area contributed by atoms with Gasteiger partial charge in [-0.05, 0) is 55.5 Å². The molecular weight excluding hydrogens is 458 g/mol.